The van der Waals surface area contributed by atoms with Crippen molar-refractivity contribution in [1.82, 2.24) is 19.7 Å². The molecule has 1 aliphatic rings. The van der Waals surface area contributed by atoms with Crippen molar-refractivity contribution in [3.8, 4) is 22.9 Å². The predicted molar refractivity (Wildman–Crippen MR) is 102 cm³/mol. The number of aromatic amines is 1. The summed E-state index contributed by atoms with van der Waals surface area (Å²) < 4.78 is 12.4. The number of nitrogens with zero attached hydrogens (tertiary/aromatic N) is 4. The zero-order chi connectivity index (χ0) is 19.8. The van der Waals surface area contributed by atoms with Crippen LogP contribution in [-0.2, 0) is 19.9 Å². The van der Waals surface area contributed by atoms with E-state index in [1.807, 2.05) is 18.2 Å². The highest BCUT2D eigenvalue weighted by atomic mass is 16.6. The van der Waals surface area contributed by atoms with Crippen molar-refractivity contribution < 1.29 is 14.4 Å². The zero-order valence-electron chi connectivity index (χ0n) is 15.9. The first kappa shape index (κ1) is 18.0. The Morgan fingerprint density at radius 2 is 1.96 bits per heavy atom. The number of ether oxygens (including phenoxy) is 2. The van der Waals surface area contributed by atoms with Crippen LogP contribution in [0.5, 0.6) is 11.5 Å². The van der Waals surface area contributed by atoms with E-state index in [0.29, 0.717) is 11.4 Å². The van der Waals surface area contributed by atoms with Crippen LogP contribution in [0.15, 0.2) is 24.5 Å². The van der Waals surface area contributed by atoms with Crippen LogP contribution in [-0.4, -0.2) is 38.9 Å². The van der Waals surface area contributed by atoms with Crippen LogP contribution in [0, 0.1) is 10.1 Å². The van der Waals surface area contributed by atoms with Crippen LogP contribution in [0.3, 0.4) is 0 Å². The number of rotatable bonds is 5. The number of fused-ring (bicyclic) bond motifs is 1. The van der Waals surface area contributed by atoms with Gasteiger partial charge in [-0.05, 0) is 52.8 Å². The van der Waals surface area contributed by atoms with Crippen molar-refractivity contribution >= 4 is 5.82 Å². The third-order valence-corrected chi connectivity index (χ3v) is 5.31. The summed E-state index contributed by atoms with van der Waals surface area (Å²) in [5.74, 6) is 1.63. The van der Waals surface area contributed by atoms with Gasteiger partial charge in [0.2, 0.25) is 6.33 Å². The predicted octanol–water partition coefficient (Wildman–Crippen LogP) is 3.01. The number of benzene rings is 1. The van der Waals surface area contributed by atoms with E-state index in [1.165, 1.54) is 6.33 Å². The van der Waals surface area contributed by atoms with Crippen LogP contribution in [0.1, 0.15) is 29.2 Å². The van der Waals surface area contributed by atoms with E-state index in [0.717, 1.165) is 47.6 Å². The topological polar surface area (TPSA) is 108 Å². The van der Waals surface area contributed by atoms with Gasteiger partial charge in [-0.25, -0.2) is 0 Å². The number of methoxy groups -OCH3 is 2. The lowest BCUT2D eigenvalue weighted by atomic mass is 9.82. The van der Waals surface area contributed by atoms with Gasteiger partial charge in [0, 0.05) is 24.4 Å². The Kier molecular flexibility index (Phi) is 4.50. The molecule has 9 nitrogen and oxygen atoms in total. The van der Waals surface area contributed by atoms with Gasteiger partial charge in [0.15, 0.2) is 5.69 Å². The van der Waals surface area contributed by atoms with Gasteiger partial charge in [0.25, 0.3) is 0 Å². The molecule has 146 valence electrons. The number of imidazole rings is 1. The summed E-state index contributed by atoms with van der Waals surface area (Å²) in [5.41, 5.74) is 4.22. The molecular weight excluding hydrogens is 362 g/mol. The smallest absolute Gasteiger partial charge is 0.391 e. The fourth-order valence-electron chi connectivity index (χ4n) is 3.88. The largest absolute Gasteiger partial charge is 0.497 e. The molecule has 0 saturated heterocycles. The van der Waals surface area contributed by atoms with Crippen molar-refractivity contribution in [3.05, 3.63) is 51.5 Å². The van der Waals surface area contributed by atoms with Gasteiger partial charge in [-0.2, -0.15) is 5.10 Å². The Hall–Kier alpha value is -3.36. The van der Waals surface area contributed by atoms with Crippen molar-refractivity contribution in [3.63, 3.8) is 0 Å². The number of hydrogen-bond donors (Lipinski definition) is 1. The fourth-order valence-corrected chi connectivity index (χ4v) is 3.88. The van der Waals surface area contributed by atoms with Gasteiger partial charge >= 0.3 is 5.82 Å². The summed E-state index contributed by atoms with van der Waals surface area (Å²) in [6.07, 6.45) is 3.89. The maximum absolute atomic E-state index is 11.3. The van der Waals surface area contributed by atoms with Crippen LogP contribution >= 0.6 is 0 Å². The van der Waals surface area contributed by atoms with Gasteiger partial charge in [-0.1, -0.05) is 0 Å². The molecule has 28 heavy (non-hydrogen) atoms. The first-order valence-electron chi connectivity index (χ1n) is 8.97. The van der Waals surface area contributed by atoms with E-state index in [2.05, 4.69) is 15.2 Å². The minimum absolute atomic E-state index is 0.170. The lowest BCUT2D eigenvalue weighted by Crippen LogP contribution is -2.13. The number of H-pyrrole nitrogens is 1. The van der Waals surface area contributed by atoms with Gasteiger partial charge < -0.3 is 24.2 Å². The van der Waals surface area contributed by atoms with E-state index < -0.39 is 4.92 Å². The molecule has 1 aromatic carbocycles. The highest BCUT2D eigenvalue weighted by molar-refractivity contribution is 5.68. The van der Waals surface area contributed by atoms with Crippen molar-refractivity contribution in [2.75, 3.05) is 14.2 Å². The summed E-state index contributed by atoms with van der Waals surface area (Å²) >= 11 is 0. The molecule has 2 heterocycles. The summed E-state index contributed by atoms with van der Waals surface area (Å²) in [7, 11) is 5.02. The molecule has 3 aromatic rings. The first-order valence-corrected chi connectivity index (χ1v) is 8.97. The first-order chi connectivity index (χ1) is 13.5. The van der Waals surface area contributed by atoms with Crippen LogP contribution < -0.4 is 9.47 Å². The second kappa shape index (κ2) is 6.99. The standard InChI is InChI=1S/C19H21N5O4/c1-23-10-20-19(24(25)26)18(23)17-15-5-4-11(8-16(15)21-22-17)12-6-13(27-2)9-14(7-12)28-3/h6-7,9-11H,4-5,8H2,1-3H3,(H,21,22). The molecule has 0 spiro atoms. The van der Waals surface area contributed by atoms with Crippen molar-refractivity contribution in [2.24, 2.45) is 7.05 Å². The number of nitrogens with one attached hydrogen (secondary N) is 1. The molecule has 9 heteroatoms. The quantitative estimate of drug-likeness (QED) is 0.536. The Labute approximate surface area is 161 Å². The monoisotopic (exact) mass is 383 g/mol. The van der Waals surface area contributed by atoms with Crippen LogP contribution in [0.25, 0.3) is 11.4 Å². The molecule has 1 atom stereocenters. The van der Waals surface area contributed by atoms with E-state index in [9.17, 15) is 10.1 Å². The second-order valence-corrected chi connectivity index (χ2v) is 6.90. The highest BCUT2D eigenvalue weighted by Gasteiger charge is 2.31. The lowest BCUT2D eigenvalue weighted by Gasteiger charge is -2.23. The minimum atomic E-state index is -0.468. The maximum Gasteiger partial charge on any atom is 0.391 e. The van der Waals surface area contributed by atoms with Gasteiger partial charge in [0.1, 0.15) is 17.2 Å². The molecule has 1 N–H and O–H groups in total. The van der Waals surface area contributed by atoms with Crippen molar-refractivity contribution in [1.29, 1.82) is 0 Å². The molecule has 0 fully saturated rings. The molecule has 4 rings (SSSR count). The van der Waals surface area contributed by atoms with E-state index in [1.54, 1.807) is 25.8 Å². The molecule has 0 amide bonds. The van der Waals surface area contributed by atoms with E-state index in [-0.39, 0.29) is 11.7 Å². The van der Waals surface area contributed by atoms with Gasteiger partial charge in [-0.15, -0.1) is 0 Å². The minimum Gasteiger partial charge on any atom is -0.497 e. The van der Waals surface area contributed by atoms with Gasteiger partial charge in [0.05, 0.1) is 14.2 Å². The average Bonchev–Trinajstić information content (AvgIpc) is 3.29. The summed E-state index contributed by atoms with van der Waals surface area (Å²) in [6, 6.07) is 5.91. The van der Waals surface area contributed by atoms with E-state index >= 15 is 0 Å². The zero-order valence-corrected chi connectivity index (χ0v) is 15.9. The Morgan fingerprint density at radius 3 is 2.61 bits per heavy atom. The molecule has 0 bridgehead atoms. The molecule has 0 aliphatic heterocycles. The van der Waals surface area contributed by atoms with E-state index in [4.69, 9.17) is 9.47 Å². The molecule has 0 saturated carbocycles. The average molecular weight is 383 g/mol. The molecular formula is C19H21N5O4. The Balaban J connectivity index is 1.68. The number of hydrogen-bond acceptors (Lipinski definition) is 6. The van der Waals surface area contributed by atoms with Crippen LogP contribution in [0.4, 0.5) is 5.82 Å². The highest BCUT2D eigenvalue weighted by Crippen LogP contribution is 2.39. The normalized spacial score (nSPS) is 15.9. The molecule has 2 aromatic heterocycles. The summed E-state index contributed by atoms with van der Waals surface area (Å²) in [6.45, 7) is 0. The number of aryl methyl sites for hydroxylation is 1. The van der Waals surface area contributed by atoms with Gasteiger partial charge in [-0.3, -0.25) is 5.10 Å². The molecule has 1 aliphatic carbocycles. The maximum atomic E-state index is 11.3. The molecule has 0 radical (unpaired) electrons. The third kappa shape index (κ3) is 2.98. The Bertz CT molecular complexity index is 1020. The van der Waals surface area contributed by atoms with Crippen LogP contribution in [0.2, 0.25) is 0 Å². The SMILES string of the molecule is COc1cc(OC)cc(C2CCc3c(-c4c([N+](=O)[O-])ncn4C)n[nH]c3C2)c1. The lowest BCUT2D eigenvalue weighted by molar-refractivity contribution is -0.388. The third-order valence-electron chi connectivity index (χ3n) is 5.31. The second-order valence-electron chi connectivity index (χ2n) is 6.90. The Morgan fingerprint density at radius 1 is 1.25 bits per heavy atom. The number of aromatic nitrogens is 4. The fraction of sp³-hybridized carbons (Fsp3) is 0.368. The summed E-state index contributed by atoms with van der Waals surface area (Å²) in [4.78, 5) is 14.8. The molecule has 1 unspecified atom stereocenters. The summed E-state index contributed by atoms with van der Waals surface area (Å²) in [5, 5.41) is 18.8. The van der Waals surface area contributed by atoms with Crippen molar-refractivity contribution in [2.45, 2.75) is 25.2 Å². The number of nitro groups is 1.